The van der Waals surface area contributed by atoms with Crippen LogP contribution in [-0.4, -0.2) is 25.9 Å². The molecule has 0 atom stereocenters. The maximum Gasteiger partial charge on any atom is 0.359 e. The van der Waals surface area contributed by atoms with Crippen molar-refractivity contribution in [2.75, 3.05) is 0 Å². The number of rotatable bonds is 5. The van der Waals surface area contributed by atoms with Crippen LogP contribution in [-0.2, 0) is 11.3 Å². The van der Waals surface area contributed by atoms with E-state index in [1.165, 1.54) is 0 Å². The van der Waals surface area contributed by atoms with Crippen molar-refractivity contribution in [3.63, 3.8) is 0 Å². The van der Waals surface area contributed by atoms with E-state index < -0.39 is 5.97 Å². The third kappa shape index (κ3) is 3.36. The molecule has 26 heavy (non-hydrogen) atoms. The van der Waals surface area contributed by atoms with E-state index in [9.17, 15) is 4.79 Å². The fraction of sp³-hybridized carbons (Fsp3) is 0.0526. The number of hydrogen-bond donors (Lipinski definition) is 0. The van der Waals surface area contributed by atoms with Crippen LogP contribution in [0.2, 0.25) is 0 Å². The van der Waals surface area contributed by atoms with Gasteiger partial charge in [-0.3, -0.25) is 0 Å². The van der Waals surface area contributed by atoms with Gasteiger partial charge in [-0.1, -0.05) is 36.4 Å². The molecular weight excluding hydrogens is 332 g/mol. The molecule has 0 bridgehead atoms. The Bertz CT molecular complexity index is 1010. The van der Waals surface area contributed by atoms with Crippen molar-refractivity contribution >= 4 is 5.97 Å². The second-order valence-corrected chi connectivity index (χ2v) is 5.42. The van der Waals surface area contributed by atoms with Gasteiger partial charge in [0.2, 0.25) is 5.89 Å². The maximum atomic E-state index is 12.2. The summed E-state index contributed by atoms with van der Waals surface area (Å²) >= 11 is 0. The summed E-state index contributed by atoms with van der Waals surface area (Å²) in [6.45, 7) is -0.114. The SMILES string of the molecule is O=C(OCc1nnc(-c2ccccc2)o1)c1ccn(-c2ccccc2)n1. The highest BCUT2D eigenvalue weighted by Crippen LogP contribution is 2.17. The summed E-state index contributed by atoms with van der Waals surface area (Å²) in [5, 5.41) is 12.1. The molecule has 0 amide bonds. The number of para-hydroxylation sites is 1. The van der Waals surface area contributed by atoms with Gasteiger partial charge in [0.1, 0.15) is 0 Å². The zero-order chi connectivity index (χ0) is 17.8. The highest BCUT2D eigenvalue weighted by Gasteiger charge is 2.14. The van der Waals surface area contributed by atoms with Crippen LogP contribution >= 0.6 is 0 Å². The Morgan fingerprint density at radius 2 is 1.69 bits per heavy atom. The quantitative estimate of drug-likeness (QED) is 0.516. The summed E-state index contributed by atoms with van der Waals surface area (Å²) in [6.07, 6.45) is 1.70. The molecule has 7 nitrogen and oxygen atoms in total. The van der Waals surface area contributed by atoms with Crippen LogP contribution < -0.4 is 0 Å². The number of benzene rings is 2. The minimum atomic E-state index is -0.556. The standard InChI is InChI=1S/C19H14N4O3/c24-19(16-11-12-23(22-16)15-9-5-2-6-10-15)25-13-17-20-21-18(26-17)14-7-3-1-4-8-14/h1-12H,13H2. The van der Waals surface area contributed by atoms with E-state index in [1.807, 2.05) is 60.7 Å². The minimum absolute atomic E-state index is 0.114. The topological polar surface area (TPSA) is 83.0 Å². The third-order valence-corrected chi connectivity index (χ3v) is 3.63. The molecule has 0 radical (unpaired) electrons. The molecule has 0 spiro atoms. The first-order valence-corrected chi connectivity index (χ1v) is 7.95. The van der Waals surface area contributed by atoms with Crippen molar-refractivity contribution in [1.82, 2.24) is 20.0 Å². The first-order chi connectivity index (χ1) is 12.8. The van der Waals surface area contributed by atoms with Gasteiger partial charge in [-0.15, -0.1) is 10.2 Å². The van der Waals surface area contributed by atoms with Crippen LogP contribution in [0.5, 0.6) is 0 Å². The molecule has 0 saturated carbocycles. The van der Waals surface area contributed by atoms with Gasteiger partial charge in [-0.2, -0.15) is 5.10 Å². The van der Waals surface area contributed by atoms with Crippen LogP contribution in [0.4, 0.5) is 0 Å². The number of esters is 1. The third-order valence-electron chi connectivity index (χ3n) is 3.63. The second-order valence-electron chi connectivity index (χ2n) is 5.42. The Kier molecular flexibility index (Phi) is 4.26. The van der Waals surface area contributed by atoms with Crippen LogP contribution in [0.25, 0.3) is 17.1 Å². The second kappa shape index (κ2) is 7.02. The highest BCUT2D eigenvalue weighted by atomic mass is 16.5. The number of ether oxygens (including phenoxy) is 1. The zero-order valence-corrected chi connectivity index (χ0v) is 13.6. The molecule has 0 saturated heterocycles. The number of carbonyl (C=O) groups is 1. The van der Waals surface area contributed by atoms with Crippen LogP contribution in [0.3, 0.4) is 0 Å². The van der Waals surface area contributed by atoms with Gasteiger partial charge in [0.25, 0.3) is 5.89 Å². The fourth-order valence-electron chi connectivity index (χ4n) is 2.37. The van der Waals surface area contributed by atoms with Gasteiger partial charge in [0, 0.05) is 11.8 Å². The molecule has 2 heterocycles. The predicted molar refractivity (Wildman–Crippen MR) is 92.4 cm³/mol. The first-order valence-electron chi connectivity index (χ1n) is 7.95. The van der Waals surface area contributed by atoms with E-state index in [1.54, 1.807) is 16.9 Å². The van der Waals surface area contributed by atoms with E-state index in [-0.39, 0.29) is 18.2 Å². The van der Waals surface area contributed by atoms with Crippen molar-refractivity contribution in [3.05, 3.63) is 84.5 Å². The molecule has 4 aromatic rings. The predicted octanol–water partition coefficient (Wildman–Crippen LogP) is 3.28. The summed E-state index contributed by atoms with van der Waals surface area (Å²) in [7, 11) is 0. The van der Waals surface area contributed by atoms with Gasteiger partial charge >= 0.3 is 5.97 Å². The molecule has 0 aliphatic rings. The lowest BCUT2D eigenvalue weighted by molar-refractivity contribution is 0.0431. The smallest absolute Gasteiger partial charge is 0.359 e. The molecular formula is C19H14N4O3. The van der Waals surface area contributed by atoms with Crippen molar-refractivity contribution in [2.45, 2.75) is 6.61 Å². The van der Waals surface area contributed by atoms with E-state index >= 15 is 0 Å². The normalized spacial score (nSPS) is 10.6. The number of hydrogen-bond acceptors (Lipinski definition) is 6. The lowest BCUT2D eigenvalue weighted by Gasteiger charge is -2.00. The lowest BCUT2D eigenvalue weighted by atomic mass is 10.2. The molecule has 0 N–H and O–H groups in total. The van der Waals surface area contributed by atoms with Gasteiger partial charge in [0.15, 0.2) is 12.3 Å². The van der Waals surface area contributed by atoms with Crippen LogP contribution in [0.1, 0.15) is 16.4 Å². The van der Waals surface area contributed by atoms with Gasteiger partial charge in [-0.25, -0.2) is 9.48 Å². The minimum Gasteiger partial charge on any atom is -0.451 e. The Labute approximate surface area is 148 Å². The molecule has 4 rings (SSSR count). The number of nitrogens with zero attached hydrogens (tertiary/aromatic N) is 4. The van der Waals surface area contributed by atoms with E-state index in [2.05, 4.69) is 15.3 Å². The Morgan fingerprint density at radius 1 is 0.962 bits per heavy atom. The van der Waals surface area contributed by atoms with Gasteiger partial charge in [0.05, 0.1) is 5.69 Å². The molecule has 0 unspecified atom stereocenters. The summed E-state index contributed by atoms with van der Waals surface area (Å²) in [4.78, 5) is 12.2. The first kappa shape index (κ1) is 15.8. The average molecular weight is 346 g/mol. The van der Waals surface area contributed by atoms with E-state index in [4.69, 9.17) is 9.15 Å². The number of carbonyl (C=O) groups excluding carboxylic acids is 1. The Morgan fingerprint density at radius 3 is 2.46 bits per heavy atom. The summed E-state index contributed by atoms with van der Waals surface area (Å²) in [5.41, 5.74) is 1.87. The molecule has 7 heteroatoms. The van der Waals surface area contributed by atoms with Crippen molar-refractivity contribution < 1.29 is 13.9 Å². The van der Waals surface area contributed by atoms with Gasteiger partial charge in [-0.05, 0) is 30.3 Å². The largest absolute Gasteiger partial charge is 0.451 e. The van der Waals surface area contributed by atoms with Crippen LogP contribution in [0, 0.1) is 0 Å². The van der Waals surface area contributed by atoms with E-state index in [0.717, 1.165) is 11.3 Å². The maximum absolute atomic E-state index is 12.2. The molecule has 2 aromatic carbocycles. The fourth-order valence-corrected chi connectivity index (χ4v) is 2.37. The summed E-state index contributed by atoms with van der Waals surface area (Å²) < 4.78 is 12.3. The van der Waals surface area contributed by atoms with E-state index in [0.29, 0.717) is 5.89 Å². The Hall–Kier alpha value is -3.74. The molecule has 128 valence electrons. The lowest BCUT2D eigenvalue weighted by Crippen LogP contribution is -2.07. The average Bonchev–Trinajstić information content (AvgIpc) is 3.37. The summed E-state index contributed by atoms with van der Waals surface area (Å²) in [5.74, 6) is 0.0452. The van der Waals surface area contributed by atoms with Gasteiger partial charge < -0.3 is 9.15 Å². The molecule has 2 aromatic heterocycles. The van der Waals surface area contributed by atoms with Crippen molar-refractivity contribution in [1.29, 1.82) is 0 Å². The number of aromatic nitrogens is 4. The monoisotopic (exact) mass is 346 g/mol. The van der Waals surface area contributed by atoms with Crippen LogP contribution in [0.15, 0.2) is 77.3 Å². The molecule has 0 aliphatic carbocycles. The Balaban J connectivity index is 1.40. The van der Waals surface area contributed by atoms with Crippen molar-refractivity contribution in [3.8, 4) is 17.1 Å². The molecule has 0 aliphatic heterocycles. The van der Waals surface area contributed by atoms with Crippen molar-refractivity contribution in [2.24, 2.45) is 0 Å². The highest BCUT2D eigenvalue weighted by molar-refractivity contribution is 5.87. The zero-order valence-electron chi connectivity index (χ0n) is 13.6. The summed E-state index contributed by atoms with van der Waals surface area (Å²) in [6, 6.07) is 20.5. The molecule has 0 fully saturated rings.